The molecule has 1 aromatic heterocycles. The third-order valence-electron chi connectivity index (χ3n) is 5.87. The Labute approximate surface area is 176 Å². The Morgan fingerprint density at radius 3 is 2.70 bits per heavy atom. The summed E-state index contributed by atoms with van der Waals surface area (Å²) < 4.78 is 5.70. The van der Waals surface area contributed by atoms with E-state index in [9.17, 15) is 9.90 Å². The number of nitrogens with one attached hydrogen (secondary N) is 2. The van der Waals surface area contributed by atoms with Crippen LogP contribution in [0.3, 0.4) is 0 Å². The number of nitrogens with zero attached hydrogens (tertiary/aromatic N) is 1. The summed E-state index contributed by atoms with van der Waals surface area (Å²) in [7, 11) is 0. The molecule has 1 aliphatic heterocycles. The van der Waals surface area contributed by atoms with Gasteiger partial charge in [0.1, 0.15) is 17.9 Å². The number of benzene rings is 2. The molecule has 0 spiro atoms. The molecule has 3 N–H and O–H groups in total. The standard InChI is InChI=1S/C24H27N3O3/c1-16-20-8-4-5-9-22(20)30-23(16)24(29)26-25-17(2)18-10-11-21(28)19(14-18)15-27-12-6-3-7-13-27/h4-5,8-11,14,28H,3,6-7,12-13,15H2,1-2H3,(H,26,29)/p+1/b25-17+. The monoisotopic (exact) mass is 406 g/mol. The lowest BCUT2D eigenvalue weighted by molar-refractivity contribution is -0.918. The van der Waals surface area contributed by atoms with Gasteiger partial charge in [-0.3, -0.25) is 4.79 Å². The molecule has 6 nitrogen and oxygen atoms in total. The summed E-state index contributed by atoms with van der Waals surface area (Å²) in [6, 6.07) is 13.1. The van der Waals surface area contributed by atoms with Crippen LogP contribution in [0.2, 0.25) is 0 Å². The van der Waals surface area contributed by atoms with Crippen molar-refractivity contribution in [2.75, 3.05) is 13.1 Å². The number of aromatic hydroxyl groups is 1. The van der Waals surface area contributed by atoms with Gasteiger partial charge in [0.05, 0.1) is 18.8 Å². The zero-order valence-electron chi connectivity index (χ0n) is 17.5. The largest absolute Gasteiger partial charge is 0.507 e. The number of fused-ring (bicyclic) bond motifs is 1. The van der Waals surface area contributed by atoms with Crippen LogP contribution in [-0.4, -0.2) is 29.8 Å². The lowest BCUT2D eigenvalue weighted by atomic mass is 10.0. The topological polar surface area (TPSA) is 79.3 Å². The number of hydrazone groups is 1. The van der Waals surface area contributed by atoms with Crippen molar-refractivity contribution in [3.8, 4) is 5.75 Å². The molecule has 0 atom stereocenters. The van der Waals surface area contributed by atoms with Crippen molar-refractivity contribution in [2.45, 2.75) is 39.7 Å². The fraction of sp³-hybridized carbons (Fsp3) is 0.333. The maximum Gasteiger partial charge on any atom is 0.307 e. The number of aryl methyl sites for hydroxylation is 1. The van der Waals surface area contributed by atoms with Crippen molar-refractivity contribution >= 4 is 22.6 Å². The molecule has 0 aliphatic carbocycles. The van der Waals surface area contributed by atoms with Crippen molar-refractivity contribution in [3.63, 3.8) is 0 Å². The highest BCUT2D eigenvalue weighted by Crippen LogP contribution is 2.24. The van der Waals surface area contributed by atoms with Gasteiger partial charge in [-0.25, -0.2) is 5.43 Å². The van der Waals surface area contributed by atoms with Gasteiger partial charge in [0, 0.05) is 16.5 Å². The van der Waals surface area contributed by atoms with E-state index in [2.05, 4.69) is 10.5 Å². The minimum atomic E-state index is -0.375. The first-order valence-electron chi connectivity index (χ1n) is 10.5. The molecular weight excluding hydrogens is 378 g/mol. The highest BCUT2D eigenvalue weighted by atomic mass is 16.3. The van der Waals surface area contributed by atoms with Crippen LogP contribution < -0.4 is 10.3 Å². The summed E-state index contributed by atoms with van der Waals surface area (Å²) in [5, 5.41) is 15.5. The molecule has 4 rings (SSSR count). The lowest BCUT2D eigenvalue weighted by Crippen LogP contribution is -3.11. The van der Waals surface area contributed by atoms with E-state index in [0.717, 1.165) is 41.7 Å². The Morgan fingerprint density at radius 2 is 1.93 bits per heavy atom. The molecule has 1 aliphatic rings. The van der Waals surface area contributed by atoms with Crippen molar-refractivity contribution in [1.82, 2.24) is 5.43 Å². The number of piperidine rings is 1. The molecule has 2 aromatic carbocycles. The van der Waals surface area contributed by atoms with Crippen LogP contribution in [0.1, 0.15) is 53.4 Å². The second-order valence-corrected chi connectivity index (χ2v) is 8.02. The smallest absolute Gasteiger partial charge is 0.307 e. The highest BCUT2D eigenvalue weighted by Gasteiger charge is 2.18. The lowest BCUT2D eigenvalue weighted by Gasteiger charge is -2.24. The first-order chi connectivity index (χ1) is 14.5. The number of carbonyl (C=O) groups is 1. The third-order valence-corrected chi connectivity index (χ3v) is 5.87. The number of para-hydroxylation sites is 1. The van der Waals surface area contributed by atoms with Gasteiger partial charge in [0.15, 0.2) is 5.76 Å². The second-order valence-electron chi connectivity index (χ2n) is 8.02. The molecule has 1 fully saturated rings. The van der Waals surface area contributed by atoms with E-state index >= 15 is 0 Å². The van der Waals surface area contributed by atoms with Crippen molar-refractivity contribution in [3.05, 3.63) is 64.9 Å². The Balaban J connectivity index is 1.49. The number of likely N-dealkylation sites (tertiary alicyclic amines) is 1. The molecule has 30 heavy (non-hydrogen) atoms. The van der Waals surface area contributed by atoms with Gasteiger partial charge in [-0.1, -0.05) is 18.2 Å². The molecule has 1 amide bonds. The van der Waals surface area contributed by atoms with Gasteiger partial charge < -0.3 is 14.4 Å². The van der Waals surface area contributed by atoms with Crippen LogP contribution >= 0.6 is 0 Å². The van der Waals surface area contributed by atoms with Crippen LogP contribution in [0.4, 0.5) is 0 Å². The summed E-state index contributed by atoms with van der Waals surface area (Å²) in [6.45, 7) is 6.80. The molecule has 1 saturated heterocycles. The van der Waals surface area contributed by atoms with Crippen LogP contribution in [-0.2, 0) is 6.54 Å². The Hall–Kier alpha value is -3.12. The minimum Gasteiger partial charge on any atom is -0.507 e. The van der Waals surface area contributed by atoms with Crippen LogP contribution in [0, 0.1) is 6.92 Å². The van der Waals surface area contributed by atoms with E-state index in [4.69, 9.17) is 4.42 Å². The maximum atomic E-state index is 12.6. The van der Waals surface area contributed by atoms with E-state index in [1.165, 1.54) is 24.2 Å². The normalized spacial score (nSPS) is 15.5. The number of phenolic OH excluding ortho intramolecular Hbond substituents is 1. The number of hydrogen-bond donors (Lipinski definition) is 3. The summed E-state index contributed by atoms with van der Waals surface area (Å²) in [6.07, 6.45) is 3.78. The highest BCUT2D eigenvalue weighted by molar-refractivity contribution is 6.02. The molecule has 2 heterocycles. The third kappa shape index (κ3) is 4.24. The summed E-state index contributed by atoms with van der Waals surface area (Å²) in [5.74, 6) is 0.208. The van der Waals surface area contributed by atoms with Gasteiger partial charge in [-0.05, 0) is 62.9 Å². The predicted molar refractivity (Wildman–Crippen MR) is 117 cm³/mol. The zero-order chi connectivity index (χ0) is 21.1. The predicted octanol–water partition coefficient (Wildman–Crippen LogP) is 3.17. The van der Waals surface area contributed by atoms with Crippen LogP contribution in [0.25, 0.3) is 11.0 Å². The number of furan rings is 1. The fourth-order valence-electron chi connectivity index (χ4n) is 4.09. The van der Waals surface area contributed by atoms with Gasteiger partial charge in [-0.2, -0.15) is 5.10 Å². The van der Waals surface area contributed by atoms with Crippen molar-refractivity contribution in [1.29, 1.82) is 0 Å². The van der Waals surface area contributed by atoms with Crippen LogP contribution in [0.15, 0.2) is 52.0 Å². The molecule has 0 saturated carbocycles. The average Bonchev–Trinajstić information content (AvgIpc) is 3.11. The van der Waals surface area contributed by atoms with Crippen molar-refractivity contribution in [2.24, 2.45) is 5.10 Å². The van der Waals surface area contributed by atoms with E-state index in [-0.39, 0.29) is 11.7 Å². The number of rotatable bonds is 5. The minimum absolute atomic E-state index is 0.271. The summed E-state index contributed by atoms with van der Waals surface area (Å²) in [5.41, 5.74) is 6.55. The van der Waals surface area contributed by atoms with E-state index in [0.29, 0.717) is 17.0 Å². The number of phenols is 1. The maximum absolute atomic E-state index is 12.6. The zero-order valence-corrected chi connectivity index (χ0v) is 17.5. The van der Waals surface area contributed by atoms with Gasteiger partial charge in [0.25, 0.3) is 0 Å². The Bertz CT molecular complexity index is 1090. The molecule has 0 bridgehead atoms. The number of carbonyl (C=O) groups excluding carboxylic acids is 1. The second kappa shape index (κ2) is 8.71. The van der Waals surface area contributed by atoms with E-state index in [1.807, 2.05) is 50.2 Å². The average molecular weight is 407 g/mol. The SMILES string of the molecule is C/C(=N\NC(=O)c1oc2ccccc2c1C)c1ccc(O)c(C[NH+]2CCCCC2)c1. The molecule has 3 aromatic rings. The summed E-state index contributed by atoms with van der Waals surface area (Å²) >= 11 is 0. The molecule has 0 unspecified atom stereocenters. The first kappa shape index (κ1) is 20.2. The fourth-order valence-corrected chi connectivity index (χ4v) is 4.09. The van der Waals surface area contributed by atoms with Crippen LogP contribution in [0.5, 0.6) is 5.75 Å². The molecule has 0 radical (unpaired) electrons. The van der Waals surface area contributed by atoms with Crippen molar-refractivity contribution < 1.29 is 19.2 Å². The molecular formula is C24H28N3O3+. The summed E-state index contributed by atoms with van der Waals surface area (Å²) in [4.78, 5) is 14.1. The number of quaternary nitrogens is 1. The number of amides is 1. The van der Waals surface area contributed by atoms with Gasteiger partial charge in [0.2, 0.25) is 0 Å². The van der Waals surface area contributed by atoms with Gasteiger partial charge in [-0.15, -0.1) is 0 Å². The molecule has 156 valence electrons. The molecule has 6 heteroatoms. The Morgan fingerprint density at radius 1 is 1.17 bits per heavy atom. The van der Waals surface area contributed by atoms with E-state index < -0.39 is 0 Å². The number of hydrogen-bond acceptors (Lipinski definition) is 4. The quantitative estimate of drug-likeness (QED) is 0.450. The van der Waals surface area contributed by atoms with Gasteiger partial charge >= 0.3 is 5.91 Å². The first-order valence-corrected chi connectivity index (χ1v) is 10.5. The Kier molecular flexibility index (Phi) is 5.86. The van der Waals surface area contributed by atoms with E-state index in [1.54, 1.807) is 6.07 Å².